The van der Waals surface area contributed by atoms with Crippen molar-refractivity contribution in [2.24, 2.45) is 0 Å². The van der Waals surface area contributed by atoms with Gasteiger partial charge >= 0.3 is 0 Å². The Morgan fingerprint density at radius 2 is 1.77 bits per heavy atom. The summed E-state index contributed by atoms with van der Waals surface area (Å²) in [6, 6.07) is 8.42. The highest BCUT2D eigenvalue weighted by molar-refractivity contribution is 7.92. The van der Waals surface area contributed by atoms with Gasteiger partial charge in [0.25, 0.3) is 0 Å². The molecule has 0 unspecified atom stereocenters. The molecular formula is C17H17Cl3N2O3S. The molecule has 140 valence electrons. The number of hydrogen-bond donors (Lipinski definition) is 1. The molecule has 0 spiro atoms. The van der Waals surface area contributed by atoms with Gasteiger partial charge in [0.2, 0.25) is 15.9 Å². The minimum absolute atomic E-state index is 0.132. The quantitative estimate of drug-likeness (QED) is 0.737. The normalized spacial score (nSPS) is 12.5. The number of carbonyl (C=O) groups is 1. The van der Waals surface area contributed by atoms with Gasteiger partial charge < -0.3 is 5.32 Å². The average molecular weight is 436 g/mol. The number of benzene rings is 2. The molecule has 1 atom stereocenters. The van der Waals surface area contributed by atoms with Crippen molar-refractivity contribution in [1.29, 1.82) is 0 Å². The van der Waals surface area contributed by atoms with Crippen LogP contribution in [0.4, 0.5) is 11.4 Å². The van der Waals surface area contributed by atoms with Crippen molar-refractivity contribution in [2.45, 2.75) is 19.9 Å². The van der Waals surface area contributed by atoms with Crippen molar-refractivity contribution < 1.29 is 13.2 Å². The minimum Gasteiger partial charge on any atom is -0.324 e. The van der Waals surface area contributed by atoms with Gasteiger partial charge in [0, 0.05) is 15.7 Å². The molecule has 0 radical (unpaired) electrons. The molecule has 5 nitrogen and oxygen atoms in total. The predicted molar refractivity (Wildman–Crippen MR) is 108 cm³/mol. The maximum absolute atomic E-state index is 12.7. The molecule has 0 fully saturated rings. The average Bonchev–Trinajstić information content (AvgIpc) is 2.54. The lowest BCUT2D eigenvalue weighted by Crippen LogP contribution is -2.45. The van der Waals surface area contributed by atoms with Crippen LogP contribution in [0.5, 0.6) is 0 Å². The number of nitrogens with one attached hydrogen (secondary N) is 1. The molecule has 0 saturated carbocycles. The Balaban J connectivity index is 2.41. The number of hydrogen-bond acceptors (Lipinski definition) is 3. The highest BCUT2D eigenvalue weighted by Gasteiger charge is 2.31. The Kier molecular flexibility index (Phi) is 6.45. The van der Waals surface area contributed by atoms with Crippen LogP contribution in [-0.2, 0) is 14.8 Å². The number of halogens is 3. The molecule has 9 heteroatoms. The van der Waals surface area contributed by atoms with Crippen molar-refractivity contribution >= 4 is 62.1 Å². The Morgan fingerprint density at radius 3 is 2.38 bits per heavy atom. The third kappa shape index (κ3) is 4.62. The summed E-state index contributed by atoms with van der Waals surface area (Å²) >= 11 is 18.2. The lowest BCUT2D eigenvalue weighted by molar-refractivity contribution is -0.116. The van der Waals surface area contributed by atoms with E-state index in [1.807, 2.05) is 0 Å². The van der Waals surface area contributed by atoms with Gasteiger partial charge in [-0.05, 0) is 49.7 Å². The highest BCUT2D eigenvalue weighted by Crippen LogP contribution is 2.32. The molecule has 0 aliphatic rings. The SMILES string of the molecule is Cc1c(Cl)cccc1NC(=O)[C@@H](C)N(c1cc(Cl)ccc1Cl)S(C)(=O)=O. The first-order valence-corrected chi connectivity index (χ1v) is 10.5. The van der Waals surface area contributed by atoms with Gasteiger partial charge in [-0.2, -0.15) is 0 Å². The fourth-order valence-corrected chi connectivity index (χ4v) is 4.19. The summed E-state index contributed by atoms with van der Waals surface area (Å²) in [5.41, 5.74) is 1.31. The maximum atomic E-state index is 12.7. The monoisotopic (exact) mass is 434 g/mol. The lowest BCUT2D eigenvalue weighted by Gasteiger charge is -2.29. The van der Waals surface area contributed by atoms with Crippen molar-refractivity contribution in [3.05, 3.63) is 57.0 Å². The molecule has 0 aromatic heterocycles. The Bertz CT molecular complexity index is 948. The van der Waals surface area contributed by atoms with Crippen molar-refractivity contribution in [3.63, 3.8) is 0 Å². The van der Waals surface area contributed by atoms with E-state index in [4.69, 9.17) is 34.8 Å². The number of anilines is 2. The summed E-state index contributed by atoms with van der Waals surface area (Å²) in [6.07, 6.45) is 0.999. The molecule has 26 heavy (non-hydrogen) atoms. The molecule has 0 aliphatic carbocycles. The van der Waals surface area contributed by atoms with Gasteiger partial charge in [0.1, 0.15) is 6.04 Å². The van der Waals surface area contributed by atoms with E-state index < -0.39 is 22.0 Å². The minimum atomic E-state index is -3.81. The molecule has 1 amide bonds. The van der Waals surface area contributed by atoms with Gasteiger partial charge in [0.05, 0.1) is 17.0 Å². The second-order valence-electron chi connectivity index (χ2n) is 5.73. The summed E-state index contributed by atoms with van der Waals surface area (Å²) in [5, 5.41) is 3.66. The van der Waals surface area contributed by atoms with Gasteiger partial charge in [0.15, 0.2) is 0 Å². The van der Waals surface area contributed by atoms with E-state index in [1.54, 1.807) is 25.1 Å². The second kappa shape index (κ2) is 8.05. The van der Waals surface area contributed by atoms with Crippen LogP contribution in [0.2, 0.25) is 15.1 Å². The van der Waals surface area contributed by atoms with Crippen LogP contribution < -0.4 is 9.62 Å². The second-order valence-corrected chi connectivity index (χ2v) is 8.84. The summed E-state index contributed by atoms with van der Waals surface area (Å²) < 4.78 is 25.6. The van der Waals surface area contributed by atoms with E-state index in [2.05, 4.69) is 5.32 Å². The number of nitrogens with zero attached hydrogens (tertiary/aromatic N) is 1. The molecule has 0 bridgehead atoms. The van der Waals surface area contributed by atoms with Crippen LogP contribution in [0.25, 0.3) is 0 Å². The topological polar surface area (TPSA) is 66.5 Å². The highest BCUT2D eigenvalue weighted by atomic mass is 35.5. The van der Waals surface area contributed by atoms with Crippen LogP contribution in [-0.4, -0.2) is 26.6 Å². The van der Waals surface area contributed by atoms with Gasteiger partial charge in [-0.15, -0.1) is 0 Å². The number of carbonyl (C=O) groups excluding carboxylic acids is 1. The van der Waals surface area contributed by atoms with Crippen molar-refractivity contribution in [1.82, 2.24) is 0 Å². The molecular weight excluding hydrogens is 419 g/mol. The van der Waals surface area contributed by atoms with E-state index in [-0.39, 0.29) is 10.7 Å². The Labute approximate surface area is 167 Å². The largest absolute Gasteiger partial charge is 0.324 e. The summed E-state index contributed by atoms with van der Waals surface area (Å²) in [4.78, 5) is 12.7. The molecule has 2 aromatic carbocycles. The number of sulfonamides is 1. The third-order valence-corrected chi connectivity index (χ3v) is 5.95. The number of rotatable bonds is 5. The first-order valence-electron chi connectivity index (χ1n) is 7.53. The maximum Gasteiger partial charge on any atom is 0.248 e. The first kappa shape index (κ1) is 20.8. The Hall–Kier alpha value is -1.47. The fraction of sp³-hybridized carbons (Fsp3) is 0.235. The van der Waals surface area contributed by atoms with E-state index in [0.29, 0.717) is 21.3 Å². The van der Waals surface area contributed by atoms with Crippen LogP contribution in [0, 0.1) is 6.92 Å². The number of amides is 1. The molecule has 2 rings (SSSR count). The fourth-order valence-electron chi connectivity index (χ4n) is 2.42. The van der Waals surface area contributed by atoms with Gasteiger partial charge in [-0.1, -0.05) is 40.9 Å². The molecule has 0 saturated heterocycles. The van der Waals surface area contributed by atoms with E-state index >= 15 is 0 Å². The van der Waals surface area contributed by atoms with E-state index in [0.717, 1.165) is 10.6 Å². The molecule has 0 aliphatic heterocycles. The zero-order valence-electron chi connectivity index (χ0n) is 14.3. The Morgan fingerprint density at radius 1 is 1.12 bits per heavy atom. The summed E-state index contributed by atoms with van der Waals surface area (Å²) in [5.74, 6) is -0.531. The molecule has 1 N–H and O–H groups in total. The van der Waals surface area contributed by atoms with Crippen LogP contribution >= 0.6 is 34.8 Å². The summed E-state index contributed by atoms with van der Waals surface area (Å²) in [6.45, 7) is 3.22. The first-order chi connectivity index (χ1) is 12.0. The molecule has 0 heterocycles. The zero-order chi connectivity index (χ0) is 19.6. The molecule has 2 aromatic rings. The smallest absolute Gasteiger partial charge is 0.248 e. The van der Waals surface area contributed by atoms with E-state index in [9.17, 15) is 13.2 Å². The predicted octanol–water partition coefficient (Wildman–Crippen LogP) is 4.75. The lowest BCUT2D eigenvalue weighted by atomic mass is 10.2. The summed E-state index contributed by atoms with van der Waals surface area (Å²) in [7, 11) is -3.81. The third-order valence-electron chi connectivity index (χ3n) is 3.76. The zero-order valence-corrected chi connectivity index (χ0v) is 17.3. The van der Waals surface area contributed by atoms with Crippen LogP contribution in [0.1, 0.15) is 12.5 Å². The van der Waals surface area contributed by atoms with Gasteiger partial charge in [-0.3, -0.25) is 9.10 Å². The van der Waals surface area contributed by atoms with Crippen LogP contribution in [0.3, 0.4) is 0 Å². The van der Waals surface area contributed by atoms with Crippen LogP contribution in [0.15, 0.2) is 36.4 Å². The van der Waals surface area contributed by atoms with E-state index in [1.165, 1.54) is 25.1 Å². The van der Waals surface area contributed by atoms with Gasteiger partial charge in [-0.25, -0.2) is 8.42 Å². The van der Waals surface area contributed by atoms with Crippen molar-refractivity contribution in [3.8, 4) is 0 Å². The standard InChI is InChI=1S/C17H17Cl3N2O3S/c1-10-13(19)5-4-6-15(10)21-17(23)11(2)22(26(3,24)25)16-9-12(18)7-8-14(16)20/h4-9,11H,1-3H3,(H,21,23)/t11-/m1/s1. The van der Waals surface area contributed by atoms with Crippen molar-refractivity contribution in [2.75, 3.05) is 15.9 Å².